The van der Waals surface area contributed by atoms with E-state index < -0.39 is 11.9 Å². The van der Waals surface area contributed by atoms with Crippen molar-refractivity contribution in [2.24, 2.45) is 0 Å². The molecule has 0 spiro atoms. The Morgan fingerprint density at radius 1 is 1.14 bits per heavy atom. The van der Waals surface area contributed by atoms with Crippen LogP contribution in [0.3, 0.4) is 0 Å². The summed E-state index contributed by atoms with van der Waals surface area (Å²) in [5.41, 5.74) is 0.647. The van der Waals surface area contributed by atoms with Gasteiger partial charge in [0.1, 0.15) is 0 Å². The van der Waals surface area contributed by atoms with Gasteiger partial charge in [-0.2, -0.15) is 0 Å². The van der Waals surface area contributed by atoms with Crippen molar-refractivity contribution in [3.8, 4) is 17.2 Å². The van der Waals surface area contributed by atoms with Crippen molar-refractivity contribution in [3.63, 3.8) is 0 Å². The van der Waals surface area contributed by atoms with E-state index >= 15 is 0 Å². The van der Waals surface area contributed by atoms with E-state index in [2.05, 4.69) is 10.1 Å². The summed E-state index contributed by atoms with van der Waals surface area (Å²) in [5.74, 6) is 0.115. The van der Waals surface area contributed by atoms with Gasteiger partial charge < -0.3 is 24.3 Å². The highest BCUT2D eigenvalue weighted by molar-refractivity contribution is 5.96. The summed E-state index contributed by atoms with van der Waals surface area (Å²) >= 11 is 0. The van der Waals surface area contributed by atoms with Gasteiger partial charge in [0, 0.05) is 18.8 Å². The van der Waals surface area contributed by atoms with Gasteiger partial charge in [0.05, 0.1) is 18.3 Å². The minimum atomic E-state index is -0.578. The van der Waals surface area contributed by atoms with Crippen LogP contribution in [0.1, 0.15) is 6.42 Å². The minimum Gasteiger partial charge on any atom is -0.466 e. The molecule has 0 aromatic heterocycles. The summed E-state index contributed by atoms with van der Waals surface area (Å²) in [6, 6.07) is 5.03. The zero-order valence-corrected chi connectivity index (χ0v) is 11.8. The Morgan fingerprint density at radius 3 is 2.68 bits per heavy atom. The molecule has 2 heterocycles. The van der Waals surface area contributed by atoms with E-state index in [-0.39, 0.29) is 19.0 Å². The molecule has 1 aromatic carbocycles. The van der Waals surface area contributed by atoms with Crippen LogP contribution in [0, 0.1) is 0 Å². The van der Waals surface area contributed by atoms with Gasteiger partial charge in [-0.1, -0.05) is 6.07 Å². The Kier molecular flexibility index (Phi) is 3.69. The van der Waals surface area contributed by atoms with Crippen LogP contribution in [-0.4, -0.2) is 25.8 Å². The summed E-state index contributed by atoms with van der Waals surface area (Å²) in [7, 11) is 1.28. The van der Waals surface area contributed by atoms with Crippen molar-refractivity contribution in [1.82, 2.24) is 5.32 Å². The van der Waals surface area contributed by atoms with Gasteiger partial charge in [-0.25, -0.2) is 9.59 Å². The second-order valence-electron chi connectivity index (χ2n) is 4.55. The van der Waals surface area contributed by atoms with E-state index in [1.807, 2.05) is 0 Å². The summed E-state index contributed by atoms with van der Waals surface area (Å²) in [6.45, 7) is 0.0867. The third-order valence-electron chi connectivity index (χ3n) is 3.17. The van der Waals surface area contributed by atoms with E-state index in [1.54, 1.807) is 18.2 Å². The second-order valence-corrected chi connectivity index (χ2v) is 4.55. The van der Waals surface area contributed by atoms with E-state index in [4.69, 9.17) is 14.2 Å². The molecular weight excluding hydrogens is 290 g/mol. The first-order chi connectivity index (χ1) is 10.7. The maximum Gasteiger partial charge on any atom is 0.341 e. The number of esters is 2. The minimum absolute atomic E-state index is 0.0867. The average Bonchev–Trinajstić information content (AvgIpc) is 3.04. The number of carbonyl (C=O) groups excluding carboxylic acids is 2. The van der Waals surface area contributed by atoms with Gasteiger partial charge in [0.15, 0.2) is 11.5 Å². The standard InChI is InChI=1S/C15H13NO6/c1-19-14(17)9-5-10(7-16-6-9)15(18)22-12-4-2-3-11-13(12)21-8-20-11/h2-4,6-7,16H,5,8H2,1H3. The van der Waals surface area contributed by atoms with Crippen LogP contribution in [-0.2, 0) is 14.3 Å². The molecule has 0 bridgehead atoms. The van der Waals surface area contributed by atoms with Crippen LogP contribution >= 0.6 is 0 Å². The molecule has 0 aliphatic carbocycles. The fraction of sp³-hybridized carbons (Fsp3) is 0.200. The third kappa shape index (κ3) is 2.60. The molecule has 7 heteroatoms. The first kappa shape index (κ1) is 14.0. The number of benzene rings is 1. The van der Waals surface area contributed by atoms with Crippen molar-refractivity contribution in [3.05, 3.63) is 41.7 Å². The number of nitrogens with one attached hydrogen (secondary N) is 1. The Bertz CT molecular complexity index is 691. The van der Waals surface area contributed by atoms with E-state index in [1.165, 1.54) is 19.5 Å². The van der Waals surface area contributed by atoms with Gasteiger partial charge in [-0.3, -0.25) is 0 Å². The van der Waals surface area contributed by atoms with Crippen molar-refractivity contribution in [2.45, 2.75) is 6.42 Å². The highest BCUT2D eigenvalue weighted by Crippen LogP contribution is 2.40. The fourth-order valence-corrected chi connectivity index (χ4v) is 2.09. The molecule has 3 rings (SSSR count). The first-order valence-corrected chi connectivity index (χ1v) is 6.52. The Balaban J connectivity index is 1.72. The second kappa shape index (κ2) is 5.80. The molecule has 0 saturated carbocycles. The molecule has 0 saturated heterocycles. The Labute approximate surface area is 126 Å². The molecule has 1 aromatic rings. The SMILES string of the molecule is COC(=O)C1=CNC=C(C(=O)Oc2cccc3c2OCO3)C1. The molecule has 2 aliphatic heterocycles. The summed E-state index contributed by atoms with van der Waals surface area (Å²) in [6.07, 6.45) is 3.10. The number of methoxy groups -OCH3 is 1. The largest absolute Gasteiger partial charge is 0.466 e. The number of hydrogen-bond donors (Lipinski definition) is 1. The third-order valence-corrected chi connectivity index (χ3v) is 3.17. The smallest absolute Gasteiger partial charge is 0.341 e. The summed E-state index contributed by atoms with van der Waals surface area (Å²) in [4.78, 5) is 23.7. The number of carbonyl (C=O) groups is 2. The molecule has 0 radical (unpaired) electrons. The zero-order valence-electron chi connectivity index (χ0n) is 11.8. The molecule has 1 N–H and O–H groups in total. The van der Waals surface area contributed by atoms with Gasteiger partial charge >= 0.3 is 11.9 Å². The van der Waals surface area contributed by atoms with Crippen LogP contribution in [0.15, 0.2) is 41.7 Å². The Hall–Kier alpha value is -2.96. The zero-order chi connectivity index (χ0) is 15.5. The van der Waals surface area contributed by atoms with Crippen molar-refractivity contribution >= 4 is 11.9 Å². The predicted molar refractivity (Wildman–Crippen MR) is 74.1 cm³/mol. The molecular formula is C15H13NO6. The van der Waals surface area contributed by atoms with Gasteiger partial charge in [0.25, 0.3) is 0 Å². The van der Waals surface area contributed by atoms with Crippen LogP contribution in [0.25, 0.3) is 0 Å². The predicted octanol–water partition coefficient (Wildman–Crippen LogP) is 1.25. The Morgan fingerprint density at radius 2 is 1.91 bits per heavy atom. The van der Waals surface area contributed by atoms with E-state index in [9.17, 15) is 9.59 Å². The van der Waals surface area contributed by atoms with Crippen molar-refractivity contribution < 1.29 is 28.5 Å². The van der Waals surface area contributed by atoms with Crippen molar-refractivity contribution in [2.75, 3.05) is 13.9 Å². The maximum absolute atomic E-state index is 12.2. The lowest BCUT2D eigenvalue weighted by Gasteiger charge is -2.14. The average molecular weight is 303 g/mol. The molecule has 114 valence electrons. The van der Waals surface area contributed by atoms with Crippen LogP contribution in [0.4, 0.5) is 0 Å². The number of dihydropyridines is 1. The molecule has 0 unspecified atom stereocenters. The maximum atomic E-state index is 12.2. The van der Waals surface area contributed by atoms with Crippen LogP contribution in [0.2, 0.25) is 0 Å². The number of rotatable bonds is 3. The molecule has 7 nitrogen and oxygen atoms in total. The van der Waals surface area contributed by atoms with Gasteiger partial charge in [-0.05, 0) is 12.1 Å². The van der Waals surface area contributed by atoms with Crippen LogP contribution in [0.5, 0.6) is 17.2 Å². The molecule has 0 atom stereocenters. The highest BCUT2D eigenvalue weighted by Gasteiger charge is 2.24. The summed E-state index contributed by atoms with van der Waals surface area (Å²) in [5, 5.41) is 2.74. The lowest BCUT2D eigenvalue weighted by molar-refractivity contribution is -0.136. The number of fused-ring (bicyclic) bond motifs is 1. The lowest BCUT2D eigenvalue weighted by atomic mass is 10.1. The topological polar surface area (TPSA) is 83.1 Å². The lowest BCUT2D eigenvalue weighted by Crippen LogP contribution is -2.20. The molecule has 0 amide bonds. The van der Waals surface area contributed by atoms with Gasteiger partial charge in [0.2, 0.25) is 12.5 Å². The molecule has 0 fully saturated rings. The first-order valence-electron chi connectivity index (χ1n) is 6.52. The van der Waals surface area contributed by atoms with Crippen LogP contribution < -0.4 is 19.5 Å². The normalized spacial score (nSPS) is 15.3. The number of ether oxygens (including phenoxy) is 4. The monoisotopic (exact) mass is 303 g/mol. The quantitative estimate of drug-likeness (QED) is 0.664. The highest BCUT2D eigenvalue weighted by atomic mass is 16.7. The van der Waals surface area contributed by atoms with E-state index in [0.29, 0.717) is 22.6 Å². The number of para-hydroxylation sites is 1. The molecule has 22 heavy (non-hydrogen) atoms. The van der Waals surface area contributed by atoms with E-state index in [0.717, 1.165) is 0 Å². The van der Waals surface area contributed by atoms with Crippen molar-refractivity contribution in [1.29, 1.82) is 0 Å². The number of hydrogen-bond acceptors (Lipinski definition) is 7. The fourth-order valence-electron chi connectivity index (χ4n) is 2.09. The van der Waals surface area contributed by atoms with Gasteiger partial charge in [-0.15, -0.1) is 0 Å². The molecule has 2 aliphatic rings. The summed E-state index contributed by atoms with van der Waals surface area (Å²) < 4.78 is 20.5.